The first-order valence-electron chi connectivity index (χ1n) is 8.68. The lowest BCUT2D eigenvalue weighted by Gasteiger charge is -2.13. The lowest BCUT2D eigenvalue weighted by atomic mass is 10.3. The molecule has 0 aliphatic heterocycles. The molecule has 7 nitrogen and oxygen atoms in total. The molecule has 8 heteroatoms. The lowest BCUT2D eigenvalue weighted by Crippen LogP contribution is -2.23. The average Bonchev–Trinajstić information content (AvgIpc) is 3.11. The summed E-state index contributed by atoms with van der Waals surface area (Å²) in [5.74, 6) is 1.31. The van der Waals surface area contributed by atoms with E-state index >= 15 is 0 Å². The van der Waals surface area contributed by atoms with Crippen molar-refractivity contribution >= 4 is 23.4 Å². The summed E-state index contributed by atoms with van der Waals surface area (Å²) in [7, 11) is 1.60. The summed E-state index contributed by atoms with van der Waals surface area (Å²) in [6, 6.07) is 11.0. The quantitative estimate of drug-likeness (QED) is 0.463. The normalized spacial score (nSPS) is 11.6. The third-order valence-electron chi connectivity index (χ3n) is 3.96. The number of aromatic nitrogens is 4. The summed E-state index contributed by atoms with van der Waals surface area (Å²) >= 11 is 1.35. The molecule has 28 heavy (non-hydrogen) atoms. The van der Waals surface area contributed by atoms with Crippen LogP contribution in [0.1, 0.15) is 6.92 Å². The number of ether oxygens (including phenoxy) is 1. The lowest BCUT2D eigenvalue weighted by molar-refractivity contribution is -0.115. The SMILES string of the molecule is C=CCn1c(S[C@@H](C)C(=O)Nc2ccc(OC)cc2)nnc1-c1cccnc1. The molecule has 0 aliphatic rings. The minimum absolute atomic E-state index is 0.119. The first-order chi connectivity index (χ1) is 13.6. The number of allylic oxidation sites excluding steroid dienone is 1. The van der Waals surface area contributed by atoms with Gasteiger partial charge in [0.05, 0.1) is 12.4 Å². The highest BCUT2D eigenvalue weighted by Gasteiger charge is 2.20. The zero-order valence-corrected chi connectivity index (χ0v) is 16.5. The van der Waals surface area contributed by atoms with Crippen molar-refractivity contribution in [2.24, 2.45) is 0 Å². The number of hydrogen-bond acceptors (Lipinski definition) is 6. The van der Waals surface area contributed by atoms with E-state index in [9.17, 15) is 4.79 Å². The summed E-state index contributed by atoms with van der Waals surface area (Å²) in [4.78, 5) is 16.7. The molecule has 0 saturated heterocycles. The maximum absolute atomic E-state index is 12.6. The largest absolute Gasteiger partial charge is 0.497 e. The second kappa shape index (κ2) is 9.18. The number of carbonyl (C=O) groups is 1. The molecule has 1 atom stereocenters. The molecular formula is C20H21N5O2S. The van der Waals surface area contributed by atoms with E-state index in [0.29, 0.717) is 23.2 Å². The number of hydrogen-bond donors (Lipinski definition) is 1. The Balaban J connectivity index is 1.73. The van der Waals surface area contributed by atoms with Gasteiger partial charge in [0, 0.05) is 30.2 Å². The second-order valence-corrected chi connectivity index (χ2v) is 7.23. The summed E-state index contributed by atoms with van der Waals surface area (Å²) in [5.41, 5.74) is 1.57. The molecule has 2 aromatic heterocycles. The Morgan fingerprint density at radius 2 is 2.11 bits per heavy atom. The summed E-state index contributed by atoms with van der Waals surface area (Å²) in [6.07, 6.45) is 5.21. The van der Waals surface area contributed by atoms with Crippen LogP contribution in [-0.4, -0.2) is 38.0 Å². The number of pyridine rings is 1. The van der Waals surface area contributed by atoms with Gasteiger partial charge in [0.2, 0.25) is 5.91 Å². The topological polar surface area (TPSA) is 81.9 Å². The maximum atomic E-state index is 12.6. The highest BCUT2D eigenvalue weighted by Crippen LogP contribution is 2.27. The van der Waals surface area contributed by atoms with Crippen LogP contribution in [0.15, 0.2) is 66.6 Å². The van der Waals surface area contributed by atoms with Gasteiger partial charge in [-0.2, -0.15) is 0 Å². The fourth-order valence-corrected chi connectivity index (χ4v) is 3.37. The molecule has 1 aromatic carbocycles. The molecule has 0 fully saturated rings. The third kappa shape index (κ3) is 4.58. The second-order valence-electron chi connectivity index (χ2n) is 5.92. The van der Waals surface area contributed by atoms with Crippen molar-refractivity contribution in [3.05, 3.63) is 61.4 Å². The highest BCUT2D eigenvalue weighted by molar-refractivity contribution is 8.00. The highest BCUT2D eigenvalue weighted by atomic mass is 32.2. The standard InChI is InChI=1S/C20H21N5O2S/c1-4-12-25-18(15-6-5-11-21-13-15)23-24-20(25)28-14(2)19(26)22-16-7-9-17(27-3)10-8-16/h4-11,13-14H,1,12H2,2-3H3,(H,22,26)/t14-/m0/s1. The van der Waals surface area contributed by atoms with Crippen LogP contribution in [0.3, 0.4) is 0 Å². The van der Waals surface area contributed by atoms with Gasteiger partial charge in [-0.15, -0.1) is 16.8 Å². The molecule has 3 aromatic rings. The minimum Gasteiger partial charge on any atom is -0.497 e. The molecule has 2 heterocycles. The van der Waals surface area contributed by atoms with Crippen LogP contribution >= 0.6 is 11.8 Å². The molecular weight excluding hydrogens is 374 g/mol. The number of nitrogens with zero attached hydrogens (tertiary/aromatic N) is 4. The van der Waals surface area contributed by atoms with Crippen molar-refractivity contribution < 1.29 is 9.53 Å². The van der Waals surface area contributed by atoms with Crippen molar-refractivity contribution in [2.45, 2.75) is 23.9 Å². The summed E-state index contributed by atoms with van der Waals surface area (Å²) in [5, 5.41) is 11.7. The van der Waals surface area contributed by atoms with Gasteiger partial charge in [0.1, 0.15) is 5.75 Å². The van der Waals surface area contributed by atoms with Crippen LogP contribution in [0.4, 0.5) is 5.69 Å². The van der Waals surface area contributed by atoms with Gasteiger partial charge in [0.25, 0.3) is 0 Å². The summed E-state index contributed by atoms with van der Waals surface area (Å²) in [6.45, 7) is 6.17. The Morgan fingerprint density at radius 3 is 2.75 bits per heavy atom. The minimum atomic E-state index is -0.364. The zero-order chi connectivity index (χ0) is 19.9. The van der Waals surface area contributed by atoms with E-state index in [4.69, 9.17) is 4.74 Å². The smallest absolute Gasteiger partial charge is 0.237 e. The van der Waals surface area contributed by atoms with Gasteiger partial charge in [-0.05, 0) is 43.3 Å². The maximum Gasteiger partial charge on any atom is 0.237 e. The molecule has 0 spiro atoms. The van der Waals surface area contributed by atoms with Crippen molar-refractivity contribution in [3.63, 3.8) is 0 Å². The fourth-order valence-electron chi connectivity index (χ4n) is 2.51. The molecule has 0 radical (unpaired) electrons. The molecule has 144 valence electrons. The predicted octanol–water partition coefficient (Wildman–Crippen LogP) is 3.65. The number of anilines is 1. The van der Waals surface area contributed by atoms with Gasteiger partial charge >= 0.3 is 0 Å². The van der Waals surface area contributed by atoms with Crippen LogP contribution < -0.4 is 10.1 Å². The van der Waals surface area contributed by atoms with Crippen LogP contribution in [0.5, 0.6) is 5.75 Å². The number of rotatable bonds is 8. The number of nitrogens with one attached hydrogen (secondary N) is 1. The Bertz CT molecular complexity index is 941. The number of thioether (sulfide) groups is 1. The van der Waals surface area contributed by atoms with E-state index in [1.54, 1.807) is 49.8 Å². The van der Waals surface area contributed by atoms with E-state index in [1.165, 1.54) is 11.8 Å². The Labute approximate surface area is 167 Å². The van der Waals surface area contributed by atoms with Crippen molar-refractivity contribution in [3.8, 4) is 17.1 Å². The molecule has 1 N–H and O–H groups in total. The summed E-state index contributed by atoms with van der Waals surface area (Å²) < 4.78 is 7.05. The van der Waals surface area contributed by atoms with Crippen LogP contribution in [0.25, 0.3) is 11.4 Å². The monoisotopic (exact) mass is 395 g/mol. The number of benzene rings is 1. The van der Waals surface area contributed by atoms with E-state index < -0.39 is 0 Å². The Morgan fingerprint density at radius 1 is 1.32 bits per heavy atom. The number of carbonyl (C=O) groups excluding carboxylic acids is 1. The van der Waals surface area contributed by atoms with Crippen LogP contribution in [0.2, 0.25) is 0 Å². The van der Waals surface area contributed by atoms with Gasteiger partial charge in [0.15, 0.2) is 11.0 Å². The van der Waals surface area contributed by atoms with Gasteiger partial charge < -0.3 is 10.1 Å². The zero-order valence-electron chi connectivity index (χ0n) is 15.7. The first kappa shape index (κ1) is 19.6. The van der Waals surface area contributed by atoms with Gasteiger partial charge in [-0.25, -0.2) is 0 Å². The van der Waals surface area contributed by atoms with E-state index in [-0.39, 0.29) is 11.2 Å². The molecule has 3 rings (SSSR count). The van der Waals surface area contributed by atoms with E-state index in [0.717, 1.165) is 11.3 Å². The first-order valence-corrected chi connectivity index (χ1v) is 9.56. The van der Waals surface area contributed by atoms with E-state index in [2.05, 4.69) is 27.1 Å². The number of amides is 1. The van der Waals surface area contributed by atoms with E-state index in [1.807, 2.05) is 23.6 Å². The molecule has 1 amide bonds. The van der Waals surface area contributed by atoms with Crippen molar-refractivity contribution in [1.82, 2.24) is 19.7 Å². The third-order valence-corrected chi connectivity index (χ3v) is 5.04. The van der Waals surface area contributed by atoms with Crippen molar-refractivity contribution in [2.75, 3.05) is 12.4 Å². The molecule has 0 aliphatic carbocycles. The van der Waals surface area contributed by atoms with Gasteiger partial charge in [-0.3, -0.25) is 14.3 Å². The van der Waals surface area contributed by atoms with Crippen LogP contribution in [-0.2, 0) is 11.3 Å². The number of methoxy groups -OCH3 is 1. The van der Waals surface area contributed by atoms with Gasteiger partial charge in [-0.1, -0.05) is 17.8 Å². The average molecular weight is 395 g/mol. The predicted molar refractivity (Wildman–Crippen MR) is 110 cm³/mol. The Hall–Kier alpha value is -3.13. The molecule has 0 saturated carbocycles. The van der Waals surface area contributed by atoms with Crippen LogP contribution in [0, 0.1) is 0 Å². The molecule has 0 bridgehead atoms. The Kier molecular flexibility index (Phi) is 6.44. The molecule has 0 unspecified atom stereocenters. The van der Waals surface area contributed by atoms with Crippen molar-refractivity contribution in [1.29, 1.82) is 0 Å². The fraction of sp³-hybridized carbons (Fsp3) is 0.200.